The second-order valence-corrected chi connectivity index (χ2v) is 5.95. The van der Waals surface area contributed by atoms with Gasteiger partial charge in [-0.15, -0.1) is 0 Å². The topological polar surface area (TPSA) is 69.8 Å². The number of aromatic nitrogens is 4. The van der Waals surface area contributed by atoms with Crippen molar-refractivity contribution in [1.29, 1.82) is 0 Å². The highest BCUT2D eigenvalue weighted by Crippen LogP contribution is 2.27. The third-order valence-electron chi connectivity index (χ3n) is 3.66. The van der Waals surface area contributed by atoms with E-state index in [-0.39, 0.29) is 11.2 Å². The average Bonchev–Trinajstić information content (AvgIpc) is 2.57. The summed E-state index contributed by atoms with van der Waals surface area (Å²) in [4.78, 5) is 32.8. The van der Waals surface area contributed by atoms with Crippen LogP contribution in [0.2, 0.25) is 0 Å². The summed E-state index contributed by atoms with van der Waals surface area (Å²) >= 11 is 3.47. The zero-order valence-corrected chi connectivity index (χ0v) is 14.2. The van der Waals surface area contributed by atoms with Gasteiger partial charge in [0.05, 0.1) is 11.9 Å². The first-order valence-electron chi connectivity index (χ1n) is 6.78. The van der Waals surface area contributed by atoms with Crippen LogP contribution in [-0.4, -0.2) is 19.1 Å². The minimum absolute atomic E-state index is 0.151. The van der Waals surface area contributed by atoms with Crippen LogP contribution in [0.25, 0.3) is 16.7 Å². The number of fused-ring (bicyclic) bond motifs is 1. The van der Waals surface area contributed by atoms with Crippen LogP contribution in [0.4, 0.5) is 0 Å². The van der Waals surface area contributed by atoms with Gasteiger partial charge in [0.15, 0.2) is 11.2 Å². The van der Waals surface area contributed by atoms with E-state index in [9.17, 15) is 9.59 Å². The molecule has 7 heteroatoms. The molecule has 0 aliphatic heterocycles. The Labute approximate surface area is 139 Å². The van der Waals surface area contributed by atoms with Crippen molar-refractivity contribution in [2.75, 3.05) is 0 Å². The molecule has 0 amide bonds. The van der Waals surface area contributed by atoms with Gasteiger partial charge >= 0.3 is 5.69 Å². The number of benzene rings is 1. The first-order valence-corrected chi connectivity index (χ1v) is 7.58. The Morgan fingerprint density at radius 2 is 1.87 bits per heavy atom. The van der Waals surface area contributed by atoms with Crippen LogP contribution in [0.5, 0.6) is 0 Å². The standard InChI is InChI=1S/C16H13BrN4O2/c1-9(10-6-4-5-7-11(10)17)12-8-18-13-14(19-12)20(2)16(23)21(3)15(13)22/h4-8H,1H2,2-3H3. The van der Waals surface area contributed by atoms with Crippen molar-refractivity contribution in [3.8, 4) is 0 Å². The number of hydrogen-bond donors (Lipinski definition) is 0. The van der Waals surface area contributed by atoms with Gasteiger partial charge in [-0.05, 0) is 11.6 Å². The summed E-state index contributed by atoms with van der Waals surface area (Å²) in [7, 11) is 2.98. The van der Waals surface area contributed by atoms with E-state index in [1.165, 1.54) is 17.8 Å². The summed E-state index contributed by atoms with van der Waals surface area (Å²) in [5.74, 6) is 0. The molecular weight excluding hydrogens is 360 g/mol. The highest BCUT2D eigenvalue weighted by Gasteiger charge is 2.14. The lowest BCUT2D eigenvalue weighted by atomic mass is 10.1. The molecule has 3 rings (SSSR count). The predicted molar refractivity (Wildman–Crippen MR) is 92.3 cm³/mol. The number of rotatable bonds is 2. The molecule has 0 N–H and O–H groups in total. The van der Waals surface area contributed by atoms with Gasteiger partial charge in [-0.3, -0.25) is 13.9 Å². The normalized spacial score (nSPS) is 10.9. The van der Waals surface area contributed by atoms with E-state index >= 15 is 0 Å². The fraction of sp³-hybridized carbons (Fsp3) is 0.125. The Kier molecular flexibility index (Phi) is 3.73. The van der Waals surface area contributed by atoms with E-state index in [0.29, 0.717) is 11.3 Å². The molecule has 0 radical (unpaired) electrons. The zero-order chi connectivity index (χ0) is 16.7. The quantitative estimate of drug-likeness (QED) is 0.688. The summed E-state index contributed by atoms with van der Waals surface area (Å²) in [5.41, 5.74) is 1.51. The molecular formula is C16H13BrN4O2. The van der Waals surface area contributed by atoms with Crippen molar-refractivity contribution in [2.45, 2.75) is 0 Å². The molecule has 0 unspecified atom stereocenters. The van der Waals surface area contributed by atoms with Crippen molar-refractivity contribution >= 4 is 32.7 Å². The molecule has 2 aromatic heterocycles. The molecule has 0 atom stereocenters. The van der Waals surface area contributed by atoms with E-state index in [2.05, 4.69) is 32.5 Å². The van der Waals surface area contributed by atoms with Gasteiger partial charge in [-0.25, -0.2) is 14.8 Å². The van der Waals surface area contributed by atoms with Crippen molar-refractivity contribution < 1.29 is 0 Å². The van der Waals surface area contributed by atoms with Crippen molar-refractivity contribution in [1.82, 2.24) is 19.1 Å². The van der Waals surface area contributed by atoms with Crippen molar-refractivity contribution in [3.63, 3.8) is 0 Å². The molecule has 1 aromatic carbocycles. The van der Waals surface area contributed by atoms with E-state index in [0.717, 1.165) is 14.6 Å². The van der Waals surface area contributed by atoms with Crippen molar-refractivity contribution in [2.24, 2.45) is 14.1 Å². The maximum Gasteiger partial charge on any atom is 0.332 e. The molecule has 6 nitrogen and oxygen atoms in total. The van der Waals surface area contributed by atoms with E-state index in [4.69, 9.17) is 0 Å². The maximum atomic E-state index is 12.1. The van der Waals surface area contributed by atoms with Gasteiger partial charge in [0.1, 0.15) is 0 Å². The lowest BCUT2D eigenvalue weighted by molar-refractivity contribution is 0.704. The molecule has 0 spiro atoms. The van der Waals surface area contributed by atoms with Crippen LogP contribution in [-0.2, 0) is 14.1 Å². The second-order valence-electron chi connectivity index (χ2n) is 5.09. The molecule has 116 valence electrons. The molecule has 0 saturated carbocycles. The Hall–Kier alpha value is -2.54. The van der Waals surface area contributed by atoms with Crippen LogP contribution in [0.15, 0.2) is 51.1 Å². The van der Waals surface area contributed by atoms with Crippen LogP contribution < -0.4 is 11.2 Å². The Morgan fingerprint density at radius 3 is 2.57 bits per heavy atom. The number of hydrogen-bond acceptors (Lipinski definition) is 4. The van der Waals surface area contributed by atoms with Gasteiger partial charge in [0.2, 0.25) is 0 Å². The van der Waals surface area contributed by atoms with Gasteiger partial charge in [0.25, 0.3) is 5.56 Å². The molecule has 2 heterocycles. The number of aryl methyl sites for hydroxylation is 1. The van der Waals surface area contributed by atoms with Gasteiger partial charge < -0.3 is 0 Å². The predicted octanol–water partition coefficient (Wildman–Crippen LogP) is 1.85. The summed E-state index contributed by atoms with van der Waals surface area (Å²) in [6.07, 6.45) is 1.50. The maximum absolute atomic E-state index is 12.1. The summed E-state index contributed by atoms with van der Waals surface area (Å²) in [6.45, 7) is 4.05. The van der Waals surface area contributed by atoms with Gasteiger partial charge in [-0.1, -0.05) is 40.7 Å². The highest BCUT2D eigenvalue weighted by molar-refractivity contribution is 9.10. The van der Waals surface area contributed by atoms with E-state index in [1.807, 2.05) is 24.3 Å². The molecule has 0 fully saturated rings. The molecule has 0 saturated heterocycles. The minimum atomic E-state index is -0.464. The monoisotopic (exact) mass is 372 g/mol. The largest absolute Gasteiger partial charge is 0.332 e. The van der Waals surface area contributed by atoms with Crippen LogP contribution in [0.3, 0.4) is 0 Å². The fourth-order valence-corrected chi connectivity index (χ4v) is 2.84. The van der Waals surface area contributed by atoms with Crippen molar-refractivity contribution in [3.05, 3.63) is 73.6 Å². The molecule has 23 heavy (non-hydrogen) atoms. The molecule has 0 aliphatic carbocycles. The summed E-state index contributed by atoms with van der Waals surface area (Å²) < 4.78 is 3.20. The third kappa shape index (κ3) is 2.43. The Balaban J connectivity index is 2.26. The summed E-state index contributed by atoms with van der Waals surface area (Å²) in [6, 6.07) is 7.60. The lowest BCUT2D eigenvalue weighted by Gasteiger charge is -2.10. The van der Waals surface area contributed by atoms with E-state index in [1.54, 1.807) is 7.05 Å². The number of nitrogens with zero attached hydrogens (tertiary/aromatic N) is 4. The van der Waals surface area contributed by atoms with Gasteiger partial charge in [-0.2, -0.15) is 0 Å². The smallest absolute Gasteiger partial charge is 0.279 e. The molecule has 3 aromatic rings. The molecule has 0 aliphatic rings. The Bertz CT molecular complexity index is 1070. The highest BCUT2D eigenvalue weighted by atomic mass is 79.9. The lowest BCUT2D eigenvalue weighted by Crippen LogP contribution is -2.37. The average molecular weight is 373 g/mol. The SMILES string of the molecule is C=C(c1cnc2c(=O)n(C)c(=O)n(C)c2n1)c1ccccc1Br. The van der Waals surface area contributed by atoms with E-state index < -0.39 is 11.2 Å². The Morgan fingerprint density at radius 1 is 1.17 bits per heavy atom. The van der Waals surface area contributed by atoms with Gasteiger partial charge in [0, 0.05) is 24.1 Å². The summed E-state index contributed by atoms with van der Waals surface area (Å²) in [5, 5.41) is 0. The van der Waals surface area contributed by atoms with Crippen LogP contribution >= 0.6 is 15.9 Å². The van der Waals surface area contributed by atoms with Crippen LogP contribution in [0.1, 0.15) is 11.3 Å². The minimum Gasteiger partial charge on any atom is -0.279 e. The molecule has 0 bridgehead atoms. The third-order valence-corrected chi connectivity index (χ3v) is 4.35. The zero-order valence-electron chi connectivity index (χ0n) is 12.6. The fourth-order valence-electron chi connectivity index (χ4n) is 2.31. The second kappa shape index (κ2) is 5.58. The number of halogens is 1. The van der Waals surface area contributed by atoms with Crippen LogP contribution in [0, 0.1) is 0 Å². The first kappa shape index (κ1) is 15.4. The first-order chi connectivity index (χ1) is 10.9.